The smallest absolute Gasteiger partial charge is 0.351 e. The van der Waals surface area contributed by atoms with Crippen molar-refractivity contribution in [2.75, 3.05) is 25.6 Å². The minimum absolute atomic E-state index is 0.00871. The number of carbonyl (C=O) groups excluding carboxylic acids is 3. The van der Waals surface area contributed by atoms with E-state index in [1.165, 1.54) is 54.6 Å². The molecule has 2 aromatic carbocycles. The van der Waals surface area contributed by atoms with Gasteiger partial charge in [-0.15, -0.1) is 0 Å². The van der Waals surface area contributed by atoms with Gasteiger partial charge < -0.3 is 29.4 Å². The predicted molar refractivity (Wildman–Crippen MR) is 149 cm³/mol. The molecular formula is C27H24ClFN6O9. The van der Waals surface area contributed by atoms with E-state index in [9.17, 15) is 29.8 Å². The second-order valence-electron chi connectivity index (χ2n) is 9.17. The molecule has 44 heavy (non-hydrogen) atoms. The molecule has 1 aromatic heterocycles. The molecule has 0 saturated carbocycles. The number of esters is 3. The van der Waals surface area contributed by atoms with Crippen LogP contribution in [-0.4, -0.2) is 76.9 Å². The number of methoxy groups -OCH3 is 1. The zero-order valence-corrected chi connectivity index (χ0v) is 23.5. The molecule has 3 aromatic rings. The Morgan fingerprint density at radius 2 is 1.93 bits per heavy atom. The van der Waals surface area contributed by atoms with Gasteiger partial charge in [-0.1, -0.05) is 41.0 Å². The molecule has 17 heteroatoms. The Morgan fingerprint density at radius 1 is 1.20 bits per heavy atom. The maximum absolute atomic E-state index is 16.2. The summed E-state index contributed by atoms with van der Waals surface area (Å²) in [6.07, 6.45) is -5.24. The molecule has 1 aliphatic rings. The highest BCUT2D eigenvalue weighted by molar-refractivity contribution is 6.30. The maximum Gasteiger partial charge on any atom is 0.351 e. The van der Waals surface area contributed by atoms with Gasteiger partial charge in [-0.25, -0.2) is 23.6 Å². The van der Waals surface area contributed by atoms with Gasteiger partial charge in [0.15, 0.2) is 18.5 Å². The fourth-order valence-corrected chi connectivity index (χ4v) is 4.41. The molecule has 0 radical (unpaired) electrons. The van der Waals surface area contributed by atoms with Gasteiger partial charge in [-0.3, -0.25) is 4.57 Å². The predicted octanol–water partition coefficient (Wildman–Crippen LogP) is 2.80. The first kappa shape index (κ1) is 31.9. The summed E-state index contributed by atoms with van der Waals surface area (Å²) >= 11 is 5.94. The van der Waals surface area contributed by atoms with E-state index in [1.54, 1.807) is 6.07 Å². The van der Waals surface area contributed by atoms with Crippen LogP contribution in [0.15, 0.2) is 76.8 Å². The number of carbonyl (C=O) groups is 3. The second kappa shape index (κ2) is 14.0. The minimum Gasteiger partial charge on any atom is -0.467 e. The van der Waals surface area contributed by atoms with Gasteiger partial charge in [0.1, 0.15) is 18.5 Å². The number of halogens is 2. The fraction of sp³-hybridized carbons (Fsp3) is 0.296. The number of ether oxygens (including phenoxy) is 4. The van der Waals surface area contributed by atoms with Crippen LogP contribution in [0.2, 0.25) is 5.02 Å². The lowest BCUT2D eigenvalue weighted by Crippen LogP contribution is -2.47. The van der Waals surface area contributed by atoms with Crippen molar-refractivity contribution in [1.82, 2.24) is 9.55 Å². The molecule has 2 unspecified atom stereocenters. The minimum atomic E-state index is -2.49. The normalized spacial score (nSPS) is 21.4. The molecule has 1 aliphatic heterocycles. The summed E-state index contributed by atoms with van der Waals surface area (Å²) in [5, 5.41) is 15.7. The molecule has 230 valence electrons. The first-order chi connectivity index (χ1) is 21.1. The van der Waals surface area contributed by atoms with Crippen molar-refractivity contribution >= 4 is 35.3 Å². The molecule has 5 atom stereocenters. The van der Waals surface area contributed by atoms with Crippen LogP contribution in [0.5, 0.6) is 0 Å². The Bertz CT molecular complexity index is 1640. The van der Waals surface area contributed by atoms with Crippen LogP contribution in [0.25, 0.3) is 10.4 Å². The molecule has 0 amide bonds. The molecule has 0 spiro atoms. The molecule has 4 rings (SSSR count). The third kappa shape index (κ3) is 6.95. The number of rotatable bonds is 11. The van der Waals surface area contributed by atoms with Gasteiger partial charge in [-0.2, -0.15) is 4.98 Å². The Morgan fingerprint density at radius 3 is 2.57 bits per heavy atom. The lowest BCUT2D eigenvalue weighted by Gasteiger charge is -2.28. The SMILES string of the molecule is COC(=O)[C@H](CO)Nc1ccn(C2O[C@@](COC(=O)c3cccc(Cl)c3)(N=[N+]=[N-])C(OC(=O)c3ccccc3)[C@@H]2F)c(=O)n1. The van der Waals surface area contributed by atoms with E-state index in [1.807, 2.05) is 0 Å². The Hall–Kier alpha value is -5.02. The summed E-state index contributed by atoms with van der Waals surface area (Å²) in [5.74, 6) is -2.98. The Kier molecular flexibility index (Phi) is 10.1. The number of aliphatic hydroxyl groups is 1. The highest BCUT2D eigenvalue weighted by Gasteiger charge is 2.60. The van der Waals surface area contributed by atoms with Crippen LogP contribution in [0.4, 0.5) is 10.2 Å². The third-order valence-corrected chi connectivity index (χ3v) is 6.59. The lowest BCUT2D eigenvalue weighted by molar-refractivity contribution is -0.142. The van der Waals surface area contributed by atoms with Crippen LogP contribution < -0.4 is 11.0 Å². The van der Waals surface area contributed by atoms with Crippen molar-refractivity contribution in [2.45, 2.75) is 30.3 Å². The van der Waals surface area contributed by atoms with Gasteiger partial charge in [0.25, 0.3) is 0 Å². The summed E-state index contributed by atoms with van der Waals surface area (Å²) in [4.78, 5) is 56.9. The number of anilines is 1. The van der Waals surface area contributed by atoms with Gasteiger partial charge in [0, 0.05) is 16.1 Å². The number of azide groups is 1. The molecule has 15 nitrogen and oxygen atoms in total. The molecule has 0 bridgehead atoms. The van der Waals surface area contributed by atoms with Crippen LogP contribution in [0.1, 0.15) is 26.9 Å². The largest absolute Gasteiger partial charge is 0.467 e. The average Bonchev–Trinajstić information content (AvgIpc) is 3.29. The lowest BCUT2D eigenvalue weighted by atomic mass is 10.1. The van der Waals surface area contributed by atoms with Crippen molar-refractivity contribution in [3.05, 3.63) is 104 Å². The molecule has 2 heterocycles. The Balaban J connectivity index is 1.68. The average molecular weight is 631 g/mol. The zero-order chi connectivity index (χ0) is 31.9. The number of aromatic nitrogens is 2. The first-order valence-corrected chi connectivity index (χ1v) is 13.1. The standard InChI is InChI=1S/C27H24ClFN6O9/c1-41-25(39)18(13-36)31-19-10-11-35(26(40)32-19)22-20(29)21(43-24(38)15-6-3-2-4-7-15)27(44-22,33-34-30)14-42-23(37)16-8-5-9-17(28)12-16/h2-12,18,20-22,36H,13-14H2,1H3,(H,31,32,40)/t18-,20-,21?,22?,27+/m0/s1. The van der Waals surface area contributed by atoms with E-state index in [0.29, 0.717) is 4.57 Å². The van der Waals surface area contributed by atoms with E-state index in [4.69, 9.17) is 25.8 Å². The summed E-state index contributed by atoms with van der Waals surface area (Å²) in [7, 11) is 1.10. The van der Waals surface area contributed by atoms with E-state index < -0.39 is 67.1 Å². The van der Waals surface area contributed by atoms with E-state index in [2.05, 4.69) is 25.1 Å². The van der Waals surface area contributed by atoms with Crippen LogP contribution >= 0.6 is 11.6 Å². The number of hydrogen-bond acceptors (Lipinski definition) is 12. The summed E-state index contributed by atoms with van der Waals surface area (Å²) in [6, 6.07) is 13.1. The number of alkyl halides is 1. The number of hydrogen-bond donors (Lipinski definition) is 2. The summed E-state index contributed by atoms with van der Waals surface area (Å²) in [5.41, 5.74) is 5.83. The van der Waals surface area contributed by atoms with Crippen molar-refractivity contribution < 1.29 is 42.8 Å². The van der Waals surface area contributed by atoms with E-state index >= 15 is 4.39 Å². The number of aliphatic hydroxyl groups excluding tert-OH is 1. The van der Waals surface area contributed by atoms with Gasteiger partial charge >= 0.3 is 23.6 Å². The van der Waals surface area contributed by atoms with Crippen LogP contribution in [0.3, 0.4) is 0 Å². The van der Waals surface area contributed by atoms with Crippen molar-refractivity contribution in [3.63, 3.8) is 0 Å². The summed E-state index contributed by atoms with van der Waals surface area (Å²) < 4.78 is 37.9. The highest BCUT2D eigenvalue weighted by Crippen LogP contribution is 2.42. The molecular weight excluding hydrogens is 607 g/mol. The first-order valence-electron chi connectivity index (χ1n) is 12.7. The van der Waals surface area contributed by atoms with Gasteiger partial charge in [0.05, 0.1) is 24.8 Å². The van der Waals surface area contributed by atoms with Gasteiger partial charge in [-0.05, 0) is 41.9 Å². The van der Waals surface area contributed by atoms with Gasteiger partial charge in [0.2, 0.25) is 5.72 Å². The number of nitrogens with zero attached hydrogens (tertiary/aromatic N) is 5. The monoisotopic (exact) mass is 630 g/mol. The maximum atomic E-state index is 16.2. The number of benzene rings is 2. The topological polar surface area (TPSA) is 204 Å². The third-order valence-electron chi connectivity index (χ3n) is 6.35. The molecule has 0 aliphatic carbocycles. The number of nitrogens with one attached hydrogen (secondary N) is 1. The Labute approximate surface area is 252 Å². The van der Waals surface area contributed by atoms with E-state index in [0.717, 1.165) is 13.3 Å². The van der Waals surface area contributed by atoms with Crippen LogP contribution in [0, 0.1) is 0 Å². The van der Waals surface area contributed by atoms with Crippen molar-refractivity contribution in [3.8, 4) is 0 Å². The van der Waals surface area contributed by atoms with Crippen molar-refractivity contribution in [2.24, 2.45) is 5.11 Å². The molecule has 1 saturated heterocycles. The van der Waals surface area contributed by atoms with Crippen molar-refractivity contribution in [1.29, 1.82) is 0 Å². The second-order valence-corrected chi connectivity index (χ2v) is 9.61. The summed E-state index contributed by atoms with van der Waals surface area (Å²) in [6.45, 7) is -1.63. The zero-order valence-electron chi connectivity index (χ0n) is 22.8. The quantitative estimate of drug-likeness (QED) is 0.104. The molecule has 2 N–H and O–H groups in total. The molecule has 1 fully saturated rings. The fourth-order valence-electron chi connectivity index (χ4n) is 4.22. The van der Waals surface area contributed by atoms with E-state index in [-0.39, 0.29) is 22.0 Å². The highest BCUT2D eigenvalue weighted by atomic mass is 35.5. The van der Waals surface area contributed by atoms with Crippen LogP contribution in [-0.2, 0) is 23.7 Å².